The van der Waals surface area contributed by atoms with Crippen molar-refractivity contribution >= 4 is 37.8 Å². The van der Waals surface area contributed by atoms with Crippen LogP contribution >= 0.6 is 31.9 Å². The summed E-state index contributed by atoms with van der Waals surface area (Å²) in [5, 5.41) is 9.08. The molecule has 0 fully saturated rings. The van der Waals surface area contributed by atoms with Gasteiger partial charge in [0.15, 0.2) is 0 Å². The van der Waals surface area contributed by atoms with E-state index in [1.54, 1.807) is 19.2 Å². The lowest BCUT2D eigenvalue weighted by Crippen LogP contribution is -2.01. The highest BCUT2D eigenvalue weighted by molar-refractivity contribution is 9.10. The van der Waals surface area contributed by atoms with Crippen LogP contribution in [0.3, 0.4) is 0 Å². The largest absolute Gasteiger partial charge is 0.496 e. The number of hydrogen-bond donors (Lipinski definition) is 1. The fourth-order valence-corrected chi connectivity index (χ4v) is 2.60. The molecule has 0 bridgehead atoms. The van der Waals surface area contributed by atoms with Gasteiger partial charge in [-0.3, -0.25) is 0 Å². The van der Waals surface area contributed by atoms with E-state index in [9.17, 15) is 4.79 Å². The van der Waals surface area contributed by atoms with E-state index in [0.29, 0.717) is 16.0 Å². The van der Waals surface area contributed by atoms with E-state index in [2.05, 4.69) is 31.9 Å². The van der Waals surface area contributed by atoms with Crippen molar-refractivity contribution in [2.45, 2.75) is 6.61 Å². The van der Waals surface area contributed by atoms with Gasteiger partial charge in [-0.05, 0) is 52.3 Å². The Morgan fingerprint density at radius 2 is 1.95 bits per heavy atom. The molecule has 0 spiro atoms. The second-order valence-electron chi connectivity index (χ2n) is 4.19. The van der Waals surface area contributed by atoms with Crippen molar-refractivity contribution in [1.29, 1.82) is 0 Å². The quantitative estimate of drug-likeness (QED) is 0.781. The fraction of sp³-hybridized carbons (Fsp3) is 0.133. The molecule has 0 aliphatic heterocycles. The van der Waals surface area contributed by atoms with Crippen molar-refractivity contribution in [2.75, 3.05) is 7.11 Å². The highest BCUT2D eigenvalue weighted by Gasteiger charge is 2.10. The molecule has 1 N–H and O–H groups in total. The summed E-state index contributed by atoms with van der Waals surface area (Å²) < 4.78 is 12.4. The molecule has 2 aromatic carbocycles. The van der Waals surface area contributed by atoms with E-state index >= 15 is 0 Å². The van der Waals surface area contributed by atoms with Crippen LogP contribution in [0.25, 0.3) is 0 Å². The minimum atomic E-state index is -1.01. The third-order valence-corrected chi connectivity index (χ3v) is 3.99. The Labute approximate surface area is 139 Å². The lowest BCUT2D eigenvalue weighted by molar-refractivity contribution is 0.0695. The van der Waals surface area contributed by atoms with E-state index in [0.717, 1.165) is 10.0 Å². The average molecular weight is 416 g/mol. The Balaban J connectivity index is 2.19. The lowest BCUT2D eigenvalue weighted by atomic mass is 10.2. The number of carboxylic acid groups (broad SMARTS) is 1. The van der Waals surface area contributed by atoms with Crippen molar-refractivity contribution in [3.8, 4) is 11.5 Å². The molecule has 0 saturated carbocycles. The van der Waals surface area contributed by atoms with Crippen LogP contribution < -0.4 is 9.47 Å². The average Bonchev–Trinajstić information content (AvgIpc) is 2.46. The summed E-state index contributed by atoms with van der Waals surface area (Å²) in [6.45, 7) is 0.281. The monoisotopic (exact) mass is 414 g/mol. The summed E-state index contributed by atoms with van der Waals surface area (Å²) in [6.07, 6.45) is 0. The number of halogens is 2. The SMILES string of the molecule is COc1ccc(Br)cc1COc1ccc(Br)c(C(=O)O)c1. The molecule has 0 aliphatic carbocycles. The molecule has 110 valence electrons. The van der Waals surface area contributed by atoms with Gasteiger partial charge < -0.3 is 14.6 Å². The lowest BCUT2D eigenvalue weighted by Gasteiger charge is -2.11. The van der Waals surface area contributed by atoms with Crippen LogP contribution in [-0.2, 0) is 6.61 Å². The number of benzene rings is 2. The number of carbonyl (C=O) groups is 1. The van der Waals surface area contributed by atoms with Crippen LogP contribution in [0, 0.1) is 0 Å². The molecular weight excluding hydrogens is 404 g/mol. The Morgan fingerprint density at radius 1 is 1.19 bits per heavy atom. The fourth-order valence-electron chi connectivity index (χ4n) is 1.78. The molecular formula is C15H12Br2O4. The van der Waals surface area contributed by atoms with Gasteiger partial charge in [0.1, 0.15) is 18.1 Å². The number of aromatic carboxylic acids is 1. The molecule has 2 rings (SSSR count). The maximum Gasteiger partial charge on any atom is 0.336 e. The molecule has 4 nitrogen and oxygen atoms in total. The van der Waals surface area contributed by atoms with Gasteiger partial charge in [0.25, 0.3) is 0 Å². The van der Waals surface area contributed by atoms with Gasteiger partial charge in [0.05, 0.1) is 12.7 Å². The van der Waals surface area contributed by atoms with Gasteiger partial charge in [-0.1, -0.05) is 15.9 Å². The van der Waals surface area contributed by atoms with Crippen molar-refractivity contribution in [1.82, 2.24) is 0 Å². The molecule has 0 heterocycles. The highest BCUT2D eigenvalue weighted by Crippen LogP contribution is 2.26. The molecule has 6 heteroatoms. The standard InChI is InChI=1S/C15H12Br2O4/c1-20-14-5-2-10(16)6-9(14)8-21-11-3-4-13(17)12(7-11)15(18)19/h2-7H,8H2,1H3,(H,18,19). The maximum atomic E-state index is 11.1. The van der Waals surface area contributed by atoms with E-state index in [1.165, 1.54) is 6.07 Å². The zero-order chi connectivity index (χ0) is 15.4. The first-order valence-electron chi connectivity index (χ1n) is 5.99. The molecule has 0 aromatic heterocycles. The summed E-state index contributed by atoms with van der Waals surface area (Å²) in [4.78, 5) is 11.1. The second kappa shape index (κ2) is 6.95. The van der Waals surface area contributed by atoms with Crippen molar-refractivity contribution < 1.29 is 19.4 Å². The Morgan fingerprint density at radius 3 is 2.62 bits per heavy atom. The summed E-state index contributed by atoms with van der Waals surface area (Å²) in [5.74, 6) is 0.193. The third kappa shape index (κ3) is 3.98. The number of rotatable bonds is 5. The maximum absolute atomic E-state index is 11.1. The van der Waals surface area contributed by atoms with Crippen LogP contribution in [0.15, 0.2) is 45.3 Å². The number of hydrogen-bond acceptors (Lipinski definition) is 3. The van der Waals surface area contributed by atoms with E-state index in [-0.39, 0.29) is 12.2 Å². The smallest absolute Gasteiger partial charge is 0.336 e. The summed E-state index contributed by atoms with van der Waals surface area (Å²) in [5.41, 5.74) is 1.03. The van der Waals surface area contributed by atoms with Crippen LogP contribution in [0.5, 0.6) is 11.5 Å². The minimum Gasteiger partial charge on any atom is -0.496 e. The zero-order valence-electron chi connectivity index (χ0n) is 11.1. The number of methoxy groups -OCH3 is 1. The molecule has 0 radical (unpaired) electrons. The minimum absolute atomic E-state index is 0.161. The zero-order valence-corrected chi connectivity index (χ0v) is 14.3. The predicted octanol–water partition coefficient (Wildman–Crippen LogP) is 4.50. The van der Waals surface area contributed by atoms with E-state index in [4.69, 9.17) is 14.6 Å². The molecule has 0 unspecified atom stereocenters. The van der Waals surface area contributed by atoms with Crippen molar-refractivity contribution in [3.05, 3.63) is 56.5 Å². The Bertz CT molecular complexity index is 671. The van der Waals surface area contributed by atoms with Gasteiger partial charge >= 0.3 is 5.97 Å². The summed E-state index contributed by atoms with van der Waals surface area (Å²) in [6, 6.07) is 10.5. The highest BCUT2D eigenvalue weighted by atomic mass is 79.9. The van der Waals surface area contributed by atoms with Gasteiger partial charge in [0.2, 0.25) is 0 Å². The first-order valence-corrected chi connectivity index (χ1v) is 7.58. The van der Waals surface area contributed by atoms with Gasteiger partial charge in [0, 0.05) is 14.5 Å². The van der Waals surface area contributed by atoms with Crippen molar-refractivity contribution in [3.63, 3.8) is 0 Å². The second-order valence-corrected chi connectivity index (χ2v) is 5.96. The topological polar surface area (TPSA) is 55.8 Å². The van der Waals surface area contributed by atoms with Crippen molar-refractivity contribution in [2.24, 2.45) is 0 Å². The summed E-state index contributed by atoms with van der Waals surface area (Å²) in [7, 11) is 1.59. The van der Waals surface area contributed by atoms with E-state index < -0.39 is 5.97 Å². The number of carboxylic acids is 1. The first kappa shape index (κ1) is 15.9. The molecule has 0 aliphatic rings. The third-order valence-electron chi connectivity index (χ3n) is 2.81. The number of ether oxygens (including phenoxy) is 2. The predicted molar refractivity (Wildman–Crippen MR) is 86.1 cm³/mol. The van der Waals surface area contributed by atoms with Crippen LogP contribution in [0.4, 0.5) is 0 Å². The summed E-state index contributed by atoms with van der Waals surface area (Å²) >= 11 is 6.59. The van der Waals surface area contributed by atoms with E-state index in [1.807, 2.05) is 18.2 Å². The molecule has 0 amide bonds. The van der Waals surface area contributed by atoms with Gasteiger partial charge in [-0.2, -0.15) is 0 Å². The normalized spacial score (nSPS) is 10.2. The van der Waals surface area contributed by atoms with Crippen LogP contribution in [0.1, 0.15) is 15.9 Å². The molecule has 0 atom stereocenters. The first-order chi connectivity index (χ1) is 10.0. The Hall–Kier alpha value is -1.53. The Kier molecular flexibility index (Phi) is 5.25. The van der Waals surface area contributed by atoms with Crippen LogP contribution in [-0.4, -0.2) is 18.2 Å². The van der Waals surface area contributed by atoms with Crippen LogP contribution in [0.2, 0.25) is 0 Å². The molecule has 0 saturated heterocycles. The van der Waals surface area contributed by atoms with Gasteiger partial charge in [-0.25, -0.2) is 4.79 Å². The molecule has 2 aromatic rings. The molecule has 21 heavy (non-hydrogen) atoms. The van der Waals surface area contributed by atoms with Gasteiger partial charge in [-0.15, -0.1) is 0 Å².